The Morgan fingerprint density at radius 2 is 1.56 bits per heavy atom. The van der Waals surface area contributed by atoms with Crippen LogP contribution in [-0.2, 0) is 4.79 Å². The molecule has 3 radical (unpaired) electrons. The first-order valence-corrected chi connectivity index (χ1v) is 1.17. The summed E-state index contributed by atoms with van der Waals surface area (Å²) in [6.07, 6.45) is 0. The van der Waals surface area contributed by atoms with E-state index in [-0.39, 0.29) is 64.4 Å². The van der Waals surface area contributed by atoms with Crippen LogP contribution in [0, 0.1) is 0 Å². The Hall–Kier alpha value is 0.882. The zero-order valence-electron chi connectivity index (χ0n) is 5.18. The predicted octanol–water partition coefficient (Wildman–Crippen LogP) is -7.33. The maximum atomic E-state index is 9.13. The molecule has 0 heterocycles. The molecule has 0 amide bonds. The van der Waals surface area contributed by atoms with Gasteiger partial charge in [0.05, 0.1) is 5.97 Å². The van der Waals surface area contributed by atoms with Crippen molar-refractivity contribution in [3.63, 3.8) is 0 Å². The Morgan fingerprint density at radius 1 is 1.44 bits per heavy atom. The number of carboxylic acid groups (broad SMARTS) is 1. The van der Waals surface area contributed by atoms with Gasteiger partial charge < -0.3 is 26.6 Å². The van der Waals surface area contributed by atoms with E-state index in [4.69, 9.17) is 9.90 Å². The summed E-state index contributed by atoms with van der Waals surface area (Å²) in [5, 5.41) is 9.13. The Labute approximate surface area is 85.6 Å². The number of nitrogens with two attached hydrogens (primary N) is 1. The largest absolute Gasteiger partial charge is 1.00 e. The number of rotatable bonds is 1. The molecule has 0 aromatic heterocycles. The molecule has 0 unspecified atom stereocenters. The van der Waals surface area contributed by atoms with Gasteiger partial charge in [-0.3, -0.25) is 0 Å². The van der Waals surface area contributed by atoms with Gasteiger partial charge in [-0.1, -0.05) is 0 Å². The molecule has 0 atom stereocenters. The minimum atomic E-state index is -1.22. The van der Waals surface area contributed by atoms with Gasteiger partial charge >= 0.3 is 29.6 Å². The van der Waals surface area contributed by atoms with Crippen molar-refractivity contribution in [1.29, 1.82) is 0 Å². The average molecular weight is 160 g/mol. The van der Waals surface area contributed by atoms with Gasteiger partial charge in [-0.25, -0.2) is 0 Å². The van der Waals surface area contributed by atoms with Crippen molar-refractivity contribution in [2.75, 3.05) is 6.54 Å². The monoisotopic (exact) mass is 160 g/mol. The van der Waals surface area contributed by atoms with Gasteiger partial charge in [-0.05, 0) is 0 Å². The van der Waals surface area contributed by atoms with E-state index < -0.39 is 5.97 Å². The molecule has 0 aliphatic rings. The van der Waals surface area contributed by atoms with Crippen LogP contribution in [-0.4, -0.2) is 40.8 Å². The number of carbonyl (C=O) groups excluding carboxylic acids is 1. The minimum Gasteiger partial charge on any atom is -0.549 e. The van der Waals surface area contributed by atoms with Gasteiger partial charge in [-0.15, -0.1) is 0 Å². The third kappa shape index (κ3) is 50.6. The Morgan fingerprint density at radius 3 is 1.56 bits per heavy atom. The van der Waals surface area contributed by atoms with Crippen molar-refractivity contribution >= 4 is 23.3 Å². The van der Waals surface area contributed by atoms with E-state index in [1.54, 1.807) is 0 Å². The van der Waals surface area contributed by atoms with Crippen LogP contribution in [0.3, 0.4) is 0 Å². The first-order chi connectivity index (χ1) is 2.27. The molecular formula is C2H8AlNNaO4. The second kappa shape index (κ2) is 23.2. The summed E-state index contributed by atoms with van der Waals surface area (Å²) in [4.78, 5) is 9.13. The number of hydrogen-bond acceptors (Lipinski definition) is 3. The van der Waals surface area contributed by atoms with Crippen LogP contribution in [0.2, 0.25) is 0 Å². The Balaban J connectivity index is -0.0000000133. The smallest absolute Gasteiger partial charge is 0.549 e. The molecule has 0 fully saturated rings. The number of carbonyl (C=O) groups is 1. The standard InChI is InChI=1S/C2H5NO2.Al.Na.2H2O/c3-1-2(4)5;;;;/h1,3H2,(H,4,5);;;2*1H2/q;;+1;;/p-1. The van der Waals surface area contributed by atoms with Crippen LogP contribution in [0.1, 0.15) is 0 Å². The molecule has 49 valence electrons. The average Bonchev–Trinajstić information content (AvgIpc) is 1.38. The molecule has 0 aromatic carbocycles. The summed E-state index contributed by atoms with van der Waals surface area (Å²) < 4.78 is 0. The van der Waals surface area contributed by atoms with Crippen LogP contribution in [0.25, 0.3) is 0 Å². The molecule has 0 rings (SSSR count). The summed E-state index contributed by atoms with van der Waals surface area (Å²) in [6, 6.07) is 0. The summed E-state index contributed by atoms with van der Waals surface area (Å²) in [5.74, 6) is -1.22. The van der Waals surface area contributed by atoms with Gasteiger partial charge in [0, 0.05) is 23.9 Å². The van der Waals surface area contributed by atoms with Crippen molar-refractivity contribution in [2.45, 2.75) is 0 Å². The van der Waals surface area contributed by atoms with Crippen molar-refractivity contribution in [1.82, 2.24) is 0 Å². The van der Waals surface area contributed by atoms with Gasteiger partial charge in [0.15, 0.2) is 0 Å². The summed E-state index contributed by atoms with van der Waals surface area (Å²) in [7, 11) is 0. The second-order valence-corrected chi connectivity index (χ2v) is 0.576. The summed E-state index contributed by atoms with van der Waals surface area (Å²) in [6.45, 7) is -0.389. The van der Waals surface area contributed by atoms with E-state index in [1.807, 2.05) is 0 Å². The molecule has 0 saturated heterocycles. The molecule has 0 aliphatic carbocycles. The van der Waals surface area contributed by atoms with Crippen LogP contribution in [0.15, 0.2) is 0 Å². The van der Waals surface area contributed by atoms with Crippen molar-refractivity contribution in [3.8, 4) is 0 Å². The van der Waals surface area contributed by atoms with E-state index >= 15 is 0 Å². The molecule has 0 spiro atoms. The van der Waals surface area contributed by atoms with Crippen molar-refractivity contribution in [3.05, 3.63) is 0 Å². The van der Waals surface area contributed by atoms with Crippen LogP contribution < -0.4 is 40.4 Å². The molecule has 0 aliphatic heterocycles. The first-order valence-electron chi connectivity index (χ1n) is 1.17. The molecule has 0 aromatic rings. The maximum Gasteiger partial charge on any atom is 1.00 e. The predicted molar refractivity (Wildman–Crippen MR) is 27.0 cm³/mol. The molecule has 5 nitrogen and oxygen atoms in total. The van der Waals surface area contributed by atoms with Gasteiger partial charge in [0.1, 0.15) is 0 Å². The van der Waals surface area contributed by atoms with Gasteiger partial charge in [0.25, 0.3) is 0 Å². The first kappa shape index (κ1) is 32.7. The molecule has 6 N–H and O–H groups in total. The summed E-state index contributed by atoms with van der Waals surface area (Å²) >= 11 is 0. The van der Waals surface area contributed by atoms with E-state index in [0.717, 1.165) is 0 Å². The Kier molecular flexibility index (Phi) is 84.1. The van der Waals surface area contributed by atoms with Gasteiger partial charge in [-0.2, -0.15) is 0 Å². The van der Waals surface area contributed by atoms with E-state index in [1.165, 1.54) is 0 Å². The fourth-order valence-electron chi connectivity index (χ4n) is 0. The molecule has 7 heteroatoms. The van der Waals surface area contributed by atoms with Crippen LogP contribution in [0.5, 0.6) is 0 Å². The zero-order valence-corrected chi connectivity index (χ0v) is 8.33. The van der Waals surface area contributed by atoms with Crippen molar-refractivity contribution < 1.29 is 50.4 Å². The molecule has 9 heavy (non-hydrogen) atoms. The quantitative estimate of drug-likeness (QED) is 0.382. The normalized spacial score (nSPS) is 4.11. The summed E-state index contributed by atoms with van der Waals surface area (Å²) in [5.41, 5.74) is 4.51. The number of carboxylic acids is 1. The zero-order chi connectivity index (χ0) is 4.28. The fraction of sp³-hybridized carbons (Fsp3) is 0.500. The number of hydrogen-bond donors (Lipinski definition) is 1. The third-order valence-corrected chi connectivity index (χ3v) is 0.167. The van der Waals surface area contributed by atoms with Gasteiger partial charge in [0.2, 0.25) is 0 Å². The minimum absolute atomic E-state index is 0. The van der Waals surface area contributed by atoms with Crippen LogP contribution >= 0.6 is 0 Å². The van der Waals surface area contributed by atoms with E-state index in [0.29, 0.717) is 0 Å². The third-order valence-electron chi connectivity index (χ3n) is 0.167. The van der Waals surface area contributed by atoms with E-state index in [9.17, 15) is 0 Å². The van der Waals surface area contributed by atoms with Crippen LogP contribution in [0.4, 0.5) is 0 Å². The van der Waals surface area contributed by atoms with E-state index in [2.05, 4.69) is 5.73 Å². The Bertz CT molecular complexity index is 53.8. The fourth-order valence-corrected chi connectivity index (χ4v) is 0. The molecule has 0 bridgehead atoms. The molecule has 0 saturated carbocycles. The second-order valence-electron chi connectivity index (χ2n) is 0.576. The van der Waals surface area contributed by atoms with Crippen molar-refractivity contribution in [2.24, 2.45) is 5.73 Å². The maximum absolute atomic E-state index is 9.13. The molecular weight excluding hydrogens is 152 g/mol. The number of aliphatic carboxylic acids is 1. The topological polar surface area (TPSA) is 129 Å². The SMILES string of the molecule is NCC(=O)[O-].O.O.[Al].[Na+].